The third kappa shape index (κ3) is 10.7. The zero-order valence-electron chi connectivity index (χ0n) is 31.1. The Hall–Kier alpha value is -0.272. The van der Waals surface area contributed by atoms with Crippen molar-refractivity contribution in [1.82, 2.24) is 4.57 Å². The third-order valence-corrected chi connectivity index (χ3v) is 26.4. The highest BCUT2D eigenvalue weighted by Crippen LogP contribution is 2.44. The minimum atomic E-state index is -2.50. The van der Waals surface area contributed by atoms with Crippen LogP contribution in [-0.4, -0.2) is 68.9 Å². The summed E-state index contributed by atoms with van der Waals surface area (Å²) in [6.45, 7) is 41.3. The summed E-state index contributed by atoms with van der Waals surface area (Å²) in [4.78, 5) is 28.5. The molecule has 0 aromatic rings. The molecule has 0 heterocycles. The van der Waals surface area contributed by atoms with E-state index in [4.69, 9.17) is 13.3 Å². The van der Waals surface area contributed by atoms with Crippen LogP contribution < -0.4 is 0 Å². The lowest BCUT2D eigenvalue weighted by atomic mass is 10.2. The SMILES string of the molecule is CCO[Si](C)(C)CCCN(C(CC(=O)O[Si](C(C)C)(C(C)C)C(C)C)C(=O)O[Si](C(C)C)(C(C)C)C(C)C)[Si](C)(C)C. The van der Waals surface area contributed by atoms with Gasteiger partial charge in [-0.15, -0.1) is 0 Å². The first-order valence-electron chi connectivity index (χ1n) is 16.8. The number of carbonyl (C=O) groups is 2. The van der Waals surface area contributed by atoms with Crippen LogP contribution in [0.4, 0.5) is 0 Å². The van der Waals surface area contributed by atoms with E-state index in [0.717, 1.165) is 25.6 Å². The molecule has 0 N–H and O–H groups in total. The topological polar surface area (TPSA) is 65.1 Å². The molecule has 42 heavy (non-hydrogen) atoms. The van der Waals surface area contributed by atoms with Crippen molar-refractivity contribution in [3.05, 3.63) is 0 Å². The van der Waals surface area contributed by atoms with Gasteiger partial charge in [0, 0.05) is 6.61 Å². The Kier molecular flexibility index (Phi) is 16.8. The largest absolute Gasteiger partial charge is 0.518 e. The van der Waals surface area contributed by atoms with Crippen LogP contribution in [0, 0.1) is 0 Å². The van der Waals surface area contributed by atoms with Crippen molar-refractivity contribution in [1.29, 1.82) is 0 Å². The predicted molar refractivity (Wildman–Crippen MR) is 191 cm³/mol. The maximum Gasteiger partial charge on any atom is 0.310 e. The summed E-state index contributed by atoms with van der Waals surface area (Å²) in [5, 5.41) is 0. The smallest absolute Gasteiger partial charge is 0.310 e. The van der Waals surface area contributed by atoms with E-state index in [-0.39, 0.29) is 51.6 Å². The van der Waals surface area contributed by atoms with Crippen LogP contribution in [0.5, 0.6) is 0 Å². The summed E-state index contributed by atoms with van der Waals surface area (Å²) in [6.07, 6.45) is 0.987. The lowest BCUT2D eigenvalue weighted by molar-refractivity contribution is -0.146. The van der Waals surface area contributed by atoms with Gasteiger partial charge in [0.2, 0.25) is 0 Å². The van der Waals surface area contributed by atoms with Gasteiger partial charge < -0.3 is 17.8 Å². The minimum Gasteiger partial charge on any atom is -0.518 e. The quantitative estimate of drug-likeness (QED) is 0.128. The summed E-state index contributed by atoms with van der Waals surface area (Å²) >= 11 is 0. The van der Waals surface area contributed by atoms with E-state index in [9.17, 15) is 9.59 Å². The van der Waals surface area contributed by atoms with Gasteiger partial charge in [-0.25, -0.2) is 0 Å². The molecule has 0 radical (unpaired) electrons. The Morgan fingerprint density at radius 2 is 1.02 bits per heavy atom. The second kappa shape index (κ2) is 16.9. The van der Waals surface area contributed by atoms with Crippen molar-refractivity contribution in [2.75, 3.05) is 13.2 Å². The van der Waals surface area contributed by atoms with Crippen LogP contribution in [0.2, 0.25) is 72.0 Å². The molecular weight excluding hydrogens is 591 g/mol. The van der Waals surface area contributed by atoms with Crippen LogP contribution in [0.1, 0.15) is 103 Å². The van der Waals surface area contributed by atoms with E-state index >= 15 is 0 Å². The molecule has 0 bridgehead atoms. The van der Waals surface area contributed by atoms with Crippen LogP contribution >= 0.6 is 0 Å². The van der Waals surface area contributed by atoms with Gasteiger partial charge in [-0.2, -0.15) is 0 Å². The van der Waals surface area contributed by atoms with Gasteiger partial charge >= 0.3 is 5.97 Å². The highest BCUT2D eigenvalue weighted by atomic mass is 28.4. The van der Waals surface area contributed by atoms with Gasteiger partial charge in [-0.3, -0.25) is 9.59 Å². The number of rotatable bonds is 19. The Balaban J connectivity index is 6.75. The van der Waals surface area contributed by atoms with Crippen LogP contribution in [0.15, 0.2) is 0 Å². The first kappa shape index (κ1) is 41.7. The average Bonchev–Trinajstić information content (AvgIpc) is 2.80. The van der Waals surface area contributed by atoms with Crippen molar-refractivity contribution in [3.8, 4) is 0 Å². The molecule has 0 aliphatic heterocycles. The van der Waals surface area contributed by atoms with Crippen molar-refractivity contribution < 1.29 is 22.9 Å². The molecule has 1 atom stereocenters. The van der Waals surface area contributed by atoms with E-state index in [1.807, 2.05) is 0 Å². The fourth-order valence-corrected chi connectivity index (χ4v) is 22.0. The van der Waals surface area contributed by atoms with Crippen molar-refractivity contribution in [2.24, 2.45) is 0 Å². The molecule has 0 spiro atoms. The van der Waals surface area contributed by atoms with Gasteiger partial charge in [-0.05, 0) is 72.3 Å². The van der Waals surface area contributed by atoms with E-state index in [2.05, 4.69) is 127 Å². The maximum absolute atomic E-state index is 14.5. The zero-order valence-corrected chi connectivity index (χ0v) is 35.1. The molecule has 6 nitrogen and oxygen atoms in total. The van der Waals surface area contributed by atoms with Crippen LogP contribution in [0.25, 0.3) is 0 Å². The molecule has 0 aliphatic rings. The molecule has 250 valence electrons. The fraction of sp³-hybridized carbons (Fsp3) is 0.938. The molecule has 0 aromatic carbocycles. The lowest BCUT2D eigenvalue weighted by Crippen LogP contribution is -2.60. The first-order valence-corrected chi connectivity index (χ1v) is 27.6. The zero-order chi connectivity index (χ0) is 33.4. The molecular formula is C32H71NO5Si4. The van der Waals surface area contributed by atoms with Gasteiger partial charge in [-0.1, -0.05) is 103 Å². The Bertz CT molecular complexity index is 794. The van der Waals surface area contributed by atoms with Gasteiger partial charge in [0.1, 0.15) is 14.3 Å². The standard InChI is InChI=1S/C32H71NO5Si4/c1-19-36-40(17,18)22-20-21-33(39(14,15)16)30(32(35)38-42(27(8)9,28(10)11)29(12)13)23-31(34)37-41(24(2)3,25(4)5)26(6)7/h24-30H,19-23H2,1-18H3. The molecule has 10 heteroatoms. The number of hydrogen-bond acceptors (Lipinski definition) is 6. The molecule has 0 saturated carbocycles. The number of carbonyl (C=O) groups excluding carboxylic acids is 2. The molecule has 0 saturated heterocycles. The lowest BCUT2D eigenvalue weighted by Gasteiger charge is -2.45. The van der Waals surface area contributed by atoms with E-state index in [1.165, 1.54) is 0 Å². The first-order chi connectivity index (χ1) is 18.9. The molecule has 0 amide bonds. The second-order valence-electron chi connectivity index (χ2n) is 15.9. The van der Waals surface area contributed by atoms with E-state index in [0.29, 0.717) is 0 Å². The maximum atomic E-state index is 14.5. The van der Waals surface area contributed by atoms with Crippen molar-refractivity contribution in [2.45, 2.75) is 181 Å². The second-order valence-corrected chi connectivity index (χ2v) is 35.9. The van der Waals surface area contributed by atoms with E-state index < -0.39 is 39.2 Å². The van der Waals surface area contributed by atoms with E-state index in [1.54, 1.807) is 0 Å². The van der Waals surface area contributed by atoms with Gasteiger partial charge in [0.05, 0.1) is 6.42 Å². The Morgan fingerprint density at radius 3 is 1.36 bits per heavy atom. The van der Waals surface area contributed by atoms with Crippen LogP contribution in [-0.2, 0) is 22.9 Å². The molecule has 0 fully saturated rings. The van der Waals surface area contributed by atoms with Gasteiger partial charge in [0.25, 0.3) is 22.6 Å². The fourth-order valence-electron chi connectivity index (χ4n) is 7.76. The summed E-state index contributed by atoms with van der Waals surface area (Å²) in [7, 11) is -8.77. The third-order valence-electron chi connectivity index (χ3n) is 9.57. The average molecular weight is 662 g/mol. The predicted octanol–water partition coefficient (Wildman–Crippen LogP) is 9.95. The summed E-state index contributed by atoms with van der Waals surface area (Å²) in [5.74, 6) is -0.456. The summed E-state index contributed by atoms with van der Waals surface area (Å²) in [6, 6.07) is 0.378. The molecule has 0 aromatic heterocycles. The highest BCUT2D eigenvalue weighted by Gasteiger charge is 2.52. The van der Waals surface area contributed by atoms with Crippen LogP contribution in [0.3, 0.4) is 0 Å². The van der Waals surface area contributed by atoms with Crippen molar-refractivity contribution in [3.63, 3.8) is 0 Å². The number of nitrogens with zero attached hydrogens (tertiary/aromatic N) is 1. The van der Waals surface area contributed by atoms with Crippen molar-refractivity contribution >= 4 is 45.1 Å². The summed E-state index contributed by atoms with van der Waals surface area (Å²) < 4.78 is 21.9. The Labute approximate surface area is 265 Å². The highest BCUT2D eigenvalue weighted by molar-refractivity contribution is 6.79. The normalized spacial score (nSPS) is 14.7. The monoisotopic (exact) mass is 661 g/mol. The molecule has 0 rings (SSSR count). The molecule has 1 unspecified atom stereocenters. The molecule has 0 aliphatic carbocycles. The number of hydrogen-bond donors (Lipinski definition) is 0. The minimum absolute atomic E-state index is 0.0507. The Morgan fingerprint density at radius 1 is 0.643 bits per heavy atom. The summed E-state index contributed by atoms with van der Waals surface area (Å²) in [5.41, 5.74) is 1.68. The van der Waals surface area contributed by atoms with Gasteiger partial charge in [0.15, 0.2) is 8.32 Å².